The Morgan fingerprint density at radius 2 is 1.74 bits per heavy atom. The minimum Gasteiger partial charge on any atom is -0.494 e. The smallest absolute Gasteiger partial charge is 0.339 e. The molecule has 0 saturated heterocycles. The van der Waals surface area contributed by atoms with E-state index in [1.807, 2.05) is 70.2 Å². The van der Waals surface area contributed by atoms with Crippen LogP contribution in [0.4, 0.5) is 10.5 Å². The van der Waals surface area contributed by atoms with E-state index in [1.165, 1.54) is 0 Å². The zero-order valence-electron chi connectivity index (χ0n) is 18.3. The number of hydrogen-bond acceptors (Lipinski definition) is 4. The first kappa shape index (κ1) is 22.0. The van der Waals surface area contributed by atoms with Crippen LogP contribution in [0.5, 0.6) is 11.5 Å². The number of nitrogens with zero attached hydrogens (tertiary/aromatic N) is 2. The van der Waals surface area contributed by atoms with Crippen molar-refractivity contribution < 1.29 is 14.3 Å². The third-order valence-electron chi connectivity index (χ3n) is 4.68. The van der Waals surface area contributed by atoms with Crippen LogP contribution in [0.25, 0.3) is 5.69 Å². The topological polar surface area (TPSA) is 76.9 Å². The Balaban J connectivity index is 1.68. The second kappa shape index (κ2) is 10.3. The number of amides is 2. The van der Waals surface area contributed by atoms with Crippen molar-refractivity contribution in [2.45, 2.75) is 27.7 Å². The normalized spacial score (nSPS) is 10.8. The molecule has 7 heteroatoms. The number of carbonyl (C=O) groups is 1. The van der Waals surface area contributed by atoms with E-state index < -0.39 is 6.03 Å². The average Bonchev–Trinajstić information content (AvgIpc) is 3.04. The van der Waals surface area contributed by atoms with E-state index >= 15 is 0 Å². The maximum Gasteiger partial charge on any atom is 0.339 e. The molecule has 2 N–H and O–H groups in total. The third-order valence-corrected chi connectivity index (χ3v) is 4.68. The number of hydrogen-bond donors (Lipinski definition) is 2. The Labute approximate surface area is 182 Å². The first-order chi connectivity index (χ1) is 15.0. The van der Waals surface area contributed by atoms with Gasteiger partial charge in [0.15, 0.2) is 0 Å². The number of carbonyl (C=O) groups excluding carboxylic acids is 1. The van der Waals surface area contributed by atoms with Crippen molar-refractivity contribution in [1.82, 2.24) is 9.99 Å². The number of urea groups is 1. The number of hydrazone groups is 1. The molecule has 0 aliphatic heterocycles. The van der Waals surface area contributed by atoms with Gasteiger partial charge in [-0.05, 0) is 70.2 Å². The van der Waals surface area contributed by atoms with E-state index in [0.29, 0.717) is 24.7 Å². The lowest BCUT2D eigenvalue weighted by Gasteiger charge is -2.11. The zero-order valence-corrected chi connectivity index (χ0v) is 18.3. The van der Waals surface area contributed by atoms with E-state index in [9.17, 15) is 4.79 Å². The summed E-state index contributed by atoms with van der Waals surface area (Å²) in [6, 6.07) is 16.8. The van der Waals surface area contributed by atoms with Crippen LogP contribution >= 0.6 is 0 Å². The first-order valence-electron chi connectivity index (χ1n) is 10.3. The van der Waals surface area contributed by atoms with Crippen molar-refractivity contribution in [3.63, 3.8) is 0 Å². The average molecular weight is 421 g/mol. The summed E-state index contributed by atoms with van der Waals surface area (Å²) in [5, 5.41) is 6.85. The molecular weight excluding hydrogens is 392 g/mol. The van der Waals surface area contributed by atoms with Crippen LogP contribution in [0.2, 0.25) is 0 Å². The largest absolute Gasteiger partial charge is 0.494 e. The van der Waals surface area contributed by atoms with Crippen molar-refractivity contribution in [2.24, 2.45) is 5.10 Å². The highest BCUT2D eigenvalue weighted by atomic mass is 16.5. The van der Waals surface area contributed by atoms with Gasteiger partial charge in [0.05, 0.1) is 25.1 Å². The van der Waals surface area contributed by atoms with Crippen LogP contribution < -0.4 is 20.2 Å². The van der Waals surface area contributed by atoms with Gasteiger partial charge in [-0.3, -0.25) is 0 Å². The molecule has 2 aromatic carbocycles. The minimum absolute atomic E-state index is 0.441. The van der Waals surface area contributed by atoms with E-state index in [-0.39, 0.29) is 0 Å². The fourth-order valence-electron chi connectivity index (χ4n) is 3.34. The van der Waals surface area contributed by atoms with Gasteiger partial charge in [0.25, 0.3) is 0 Å². The van der Waals surface area contributed by atoms with Crippen LogP contribution in [0.3, 0.4) is 0 Å². The molecular formula is C24H28N4O3. The monoisotopic (exact) mass is 420 g/mol. The number of nitrogens with one attached hydrogen (secondary N) is 2. The second-order valence-electron chi connectivity index (χ2n) is 6.84. The van der Waals surface area contributed by atoms with Gasteiger partial charge in [0, 0.05) is 22.6 Å². The first-order valence-corrected chi connectivity index (χ1v) is 10.3. The predicted octanol–water partition coefficient (Wildman–Crippen LogP) is 5.05. The molecule has 0 saturated carbocycles. The van der Waals surface area contributed by atoms with Crippen molar-refractivity contribution >= 4 is 17.9 Å². The molecule has 3 aromatic rings. The molecule has 3 rings (SSSR count). The molecule has 0 aliphatic rings. The summed E-state index contributed by atoms with van der Waals surface area (Å²) in [7, 11) is 0. The molecule has 0 aliphatic carbocycles. The molecule has 162 valence electrons. The Morgan fingerprint density at radius 1 is 1.03 bits per heavy atom. The summed E-state index contributed by atoms with van der Waals surface area (Å²) in [6.45, 7) is 9.06. The summed E-state index contributed by atoms with van der Waals surface area (Å²) in [5.74, 6) is 1.46. The molecule has 0 atom stereocenters. The van der Waals surface area contributed by atoms with Crippen LogP contribution in [0.1, 0.15) is 30.8 Å². The number of anilines is 1. The van der Waals surface area contributed by atoms with Crippen LogP contribution in [-0.2, 0) is 0 Å². The highest BCUT2D eigenvalue weighted by Crippen LogP contribution is 2.24. The van der Waals surface area contributed by atoms with E-state index in [1.54, 1.807) is 18.3 Å². The van der Waals surface area contributed by atoms with Crippen molar-refractivity contribution in [3.05, 3.63) is 71.5 Å². The molecule has 0 unspecified atom stereocenters. The number of aromatic nitrogens is 1. The van der Waals surface area contributed by atoms with Gasteiger partial charge in [-0.2, -0.15) is 5.10 Å². The van der Waals surface area contributed by atoms with Gasteiger partial charge in [0.1, 0.15) is 11.5 Å². The molecule has 0 spiro atoms. The number of para-hydroxylation sites is 2. The fraction of sp³-hybridized carbons (Fsp3) is 0.250. The second-order valence-corrected chi connectivity index (χ2v) is 6.84. The van der Waals surface area contributed by atoms with Crippen LogP contribution in [0.15, 0.2) is 59.7 Å². The maximum absolute atomic E-state index is 12.2. The molecule has 1 heterocycles. The zero-order chi connectivity index (χ0) is 22.2. The van der Waals surface area contributed by atoms with Gasteiger partial charge in [-0.25, -0.2) is 10.2 Å². The Kier molecular flexibility index (Phi) is 7.32. The highest BCUT2D eigenvalue weighted by molar-refractivity contribution is 5.92. The summed E-state index contributed by atoms with van der Waals surface area (Å²) in [6.07, 6.45) is 1.64. The molecule has 0 fully saturated rings. The summed E-state index contributed by atoms with van der Waals surface area (Å²) in [4.78, 5) is 12.2. The van der Waals surface area contributed by atoms with Gasteiger partial charge in [-0.15, -0.1) is 0 Å². The van der Waals surface area contributed by atoms with Crippen molar-refractivity contribution in [3.8, 4) is 17.2 Å². The van der Waals surface area contributed by atoms with Gasteiger partial charge in [-0.1, -0.05) is 12.1 Å². The summed E-state index contributed by atoms with van der Waals surface area (Å²) >= 11 is 0. The van der Waals surface area contributed by atoms with E-state index in [2.05, 4.69) is 20.4 Å². The van der Waals surface area contributed by atoms with Crippen LogP contribution in [0, 0.1) is 13.8 Å². The maximum atomic E-state index is 12.2. The quantitative estimate of drug-likeness (QED) is 0.396. The minimum atomic E-state index is -0.441. The van der Waals surface area contributed by atoms with Gasteiger partial charge in [0.2, 0.25) is 0 Å². The van der Waals surface area contributed by atoms with Crippen molar-refractivity contribution in [1.29, 1.82) is 0 Å². The third kappa shape index (κ3) is 5.45. The number of rotatable bonds is 8. The summed E-state index contributed by atoms with van der Waals surface area (Å²) < 4.78 is 13.2. The lowest BCUT2D eigenvalue weighted by Crippen LogP contribution is -2.24. The van der Waals surface area contributed by atoms with Gasteiger partial charge < -0.3 is 19.4 Å². The number of benzene rings is 2. The highest BCUT2D eigenvalue weighted by Gasteiger charge is 2.10. The van der Waals surface area contributed by atoms with E-state index in [4.69, 9.17) is 9.47 Å². The predicted molar refractivity (Wildman–Crippen MR) is 124 cm³/mol. The Morgan fingerprint density at radius 3 is 2.45 bits per heavy atom. The molecule has 2 amide bonds. The Bertz CT molecular complexity index is 1060. The fourth-order valence-corrected chi connectivity index (χ4v) is 3.34. The number of aryl methyl sites for hydroxylation is 1. The SMILES string of the molecule is CCOc1ccc(-n2c(C)cc(/C=N/NC(=O)Nc3ccccc3OCC)c2C)cc1. The lowest BCUT2D eigenvalue weighted by atomic mass is 10.2. The molecule has 7 nitrogen and oxygen atoms in total. The molecule has 0 radical (unpaired) electrons. The molecule has 31 heavy (non-hydrogen) atoms. The van der Waals surface area contributed by atoms with Gasteiger partial charge >= 0.3 is 6.03 Å². The van der Waals surface area contributed by atoms with E-state index in [0.717, 1.165) is 28.4 Å². The molecule has 0 bridgehead atoms. The standard InChI is InChI=1S/C24H28N4O3/c1-5-30-21-13-11-20(12-14-21)28-17(3)15-19(18(28)4)16-25-27-24(29)26-22-9-7-8-10-23(22)31-6-2/h7-16H,5-6H2,1-4H3,(H2,26,27,29)/b25-16+. The Hall–Kier alpha value is -3.74. The van der Waals surface area contributed by atoms with Crippen molar-refractivity contribution in [2.75, 3.05) is 18.5 Å². The number of ether oxygens (including phenoxy) is 2. The van der Waals surface area contributed by atoms with Crippen LogP contribution in [-0.4, -0.2) is 30.0 Å². The summed E-state index contributed by atoms with van der Waals surface area (Å²) in [5.41, 5.74) is 7.14. The molecule has 1 aromatic heterocycles. The lowest BCUT2D eigenvalue weighted by molar-refractivity contribution is 0.252.